The monoisotopic (exact) mass is 258 g/mol. The molecule has 0 saturated heterocycles. The van der Waals surface area contributed by atoms with Gasteiger partial charge in [-0.25, -0.2) is 0 Å². The lowest BCUT2D eigenvalue weighted by Gasteiger charge is -2.08. The fourth-order valence-corrected chi connectivity index (χ4v) is 1.84. The van der Waals surface area contributed by atoms with Gasteiger partial charge in [0.25, 0.3) is 0 Å². The first-order valence-electron chi connectivity index (χ1n) is 5.73. The summed E-state index contributed by atoms with van der Waals surface area (Å²) in [6.45, 7) is 8.64. The summed E-state index contributed by atoms with van der Waals surface area (Å²) in [6, 6.07) is 13.3. The Morgan fingerprint density at radius 2 is 0.789 bits per heavy atom. The van der Waals surface area contributed by atoms with E-state index in [0.717, 1.165) is 0 Å². The van der Waals surface area contributed by atoms with Gasteiger partial charge in [-0.2, -0.15) is 0 Å². The third-order valence-electron chi connectivity index (χ3n) is 3.35. The molecule has 0 aromatic heterocycles. The average molecular weight is 258 g/mol. The van der Waals surface area contributed by atoms with E-state index in [1.54, 1.807) is 0 Å². The Morgan fingerprint density at radius 3 is 1.05 bits per heavy atom. The van der Waals surface area contributed by atoms with Crippen LogP contribution in [0, 0.1) is 27.7 Å². The molecule has 0 heterocycles. The molecule has 0 fully saturated rings. The molecule has 0 aliphatic heterocycles. The van der Waals surface area contributed by atoms with Crippen molar-refractivity contribution in [1.29, 1.82) is 0 Å². The molecule has 2 aromatic carbocycles. The van der Waals surface area contributed by atoms with Crippen molar-refractivity contribution in [1.82, 2.24) is 0 Å². The zero-order chi connectivity index (χ0) is 11.7. The minimum Gasteiger partial charge on any atom is -0.0776 e. The van der Waals surface area contributed by atoms with Gasteiger partial charge in [-0.3, -0.25) is 0 Å². The van der Waals surface area contributed by atoms with Gasteiger partial charge in [0.05, 0.1) is 0 Å². The topological polar surface area (TPSA) is 0 Å². The number of hydrogen-bond donors (Lipinski definition) is 0. The van der Waals surface area contributed by atoms with E-state index in [1.807, 2.05) is 0 Å². The smallest absolute Gasteiger partial charge is 0.0181 e. The fourth-order valence-electron chi connectivity index (χ4n) is 1.84. The molecule has 0 radical (unpaired) electrons. The maximum atomic E-state index is 2.26. The summed E-state index contributed by atoms with van der Waals surface area (Å²) in [7, 11) is 0. The predicted molar refractivity (Wildman–Crippen MR) is 91.0 cm³/mol. The minimum atomic E-state index is 0. The van der Waals surface area contributed by atoms with Crippen LogP contribution in [0.15, 0.2) is 36.4 Å². The van der Waals surface area contributed by atoms with Crippen molar-refractivity contribution in [3.63, 3.8) is 0 Å². The van der Waals surface area contributed by atoms with Crippen LogP contribution in [0.5, 0.6) is 0 Å². The van der Waals surface area contributed by atoms with Gasteiger partial charge in [0.2, 0.25) is 0 Å². The van der Waals surface area contributed by atoms with E-state index in [9.17, 15) is 0 Å². The molecule has 0 aliphatic rings. The second-order valence-corrected chi connectivity index (χ2v) is 4.60. The van der Waals surface area contributed by atoms with E-state index >= 15 is 0 Å². The normalized spacial score (nSPS) is 8.84. The van der Waals surface area contributed by atoms with Crippen LogP contribution >= 0.6 is 0 Å². The molecule has 0 unspecified atom stereocenters. The molecule has 106 valence electrons. The van der Waals surface area contributed by atoms with Gasteiger partial charge in [-0.05, 0) is 61.1 Å². The highest BCUT2D eigenvalue weighted by Gasteiger charge is 2.01. The van der Waals surface area contributed by atoms with Gasteiger partial charge in [-0.15, -0.1) is 0 Å². The lowest BCUT2D eigenvalue weighted by atomic mass is 9.98. The molecule has 0 heteroatoms. The Morgan fingerprint density at radius 1 is 0.474 bits per heavy atom. The molecule has 2 rings (SSSR count). The van der Waals surface area contributed by atoms with Crippen LogP contribution in [-0.2, 0) is 0 Å². The van der Waals surface area contributed by atoms with Crippen molar-refractivity contribution in [2.24, 2.45) is 0 Å². The van der Waals surface area contributed by atoms with E-state index in [0.29, 0.717) is 0 Å². The highest BCUT2D eigenvalue weighted by Crippen LogP contribution is 2.24. The molecule has 0 N–H and O–H groups in total. The van der Waals surface area contributed by atoms with Crippen molar-refractivity contribution in [3.05, 3.63) is 58.7 Å². The maximum Gasteiger partial charge on any atom is -0.0181 e. The first-order chi connectivity index (χ1) is 7.58. The van der Waals surface area contributed by atoms with Crippen molar-refractivity contribution >= 4 is 0 Å². The van der Waals surface area contributed by atoms with Crippen molar-refractivity contribution in [3.8, 4) is 11.1 Å². The van der Waals surface area contributed by atoms with Crippen LogP contribution in [0.2, 0.25) is 0 Å². The molecule has 0 aliphatic carbocycles. The molecule has 19 heavy (non-hydrogen) atoms. The molecule has 0 saturated carbocycles. The molecular formula is C19H30. The Labute approximate surface area is 120 Å². The van der Waals surface area contributed by atoms with E-state index in [4.69, 9.17) is 0 Å². The van der Waals surface area contributed by atoms with Gasteiger partial charge in [0.15, 0.2) is 0 Å². The average Bonchev–Trinajstić information content (AvgIpc) is 2.26. The fraction of sp³-hybridized carbons (Fsp3) is 0.368. The van der Waals surface area contributed by atoms with Gasteiger partial charge in [0.1, 0.15) is 0 Å². The molecule has 0 atom stereocenters. The molecule has 0 bridgehead atoms. The van der Waals surface area contributed by atoms with Crippen molar-refractivity contribution in [2.75, 3.05) is 0 Å². The third kappa shape index (κ3) is 4.24. The van der Waals surface area contributed by atoms with Crippen LogP contribution in [-0.4, -0.2) is 0 Å². The second-order valence-electron chi connectivity index (χ2n) is 4.60. The molecule has 2 aromatic rings. The highest BCUT2D eigenvalue weighted by atomic mass is 14.1. The lowest BCUT2D eigenvalue weighted by molar-refractivity contribution is 1.32. The number of aryl methyl sites for hydroxylation is 4. The van der Waals surface area contributed by atoms with Gasteiger partial charge >= 0.3 is 0 Å². The van der Waals surface area contributed by atoms with Crippen LogP contribution in [0.1, 0.15) is 44.5 Å². The Kier molecular flexibility index (Phi) is 8.10. The summed E-state index contributed by atoms with van der Waals surface area (Å²) in [6.07, 6.45) is 0. The predicted octanol–water partition coefficient (Wildman–Crippen LogP) is 6.50. The molecule has 0 amide bonds. The van der Waals surface area contributed by atoms with E-state index in [1.165, 1.54) is 33.4 Å². The van der Waals surface area contributed by atoms with Gasteiger partial charge in [0, 0.05) is 0 Å². The lowest BCUT2D eigenvalue weighted by Crippen LogP contribution is -1.86. The van der Waals surface area contributed by atoms with Gasteiger partial charge in [-0.1, -0.05) is 58.7 Å². The van der Waals surface area contributed by atoms with Crippen molar-refractivity contribution in [2.45, 2.75) is 50.0 Å². The summed E-state index contributed by atoms with van der Waals surface area (Å²) < 4.78 is 0. The number of hydrogen-bond acceptors (Lipinski definition) is 0. The minimum absolute atomic E-state index is 0. The summed E-state index contributed by atoms with van der Waals surface area (Å²) in [5.41, 5.74) is 8.05. The highest BCUT2D eigenvalue weighted by molar-refractivity contribution is 5.66. The van der Waals surface area contributed by atoms with Crippen LogP contribution < -0.4 is 0 Å². The molecular weight excluding hydrogens is 228 g/mol. The van der Waals surface area contributed by atoms with Crippen LogP contribution in [0.3, 0.4) is 0 Å². The first-order valence-corrected chi connectivity index (χ1v) is 5.73. The largest absolute Gasteiger partial charge is 0.0776 e. The summed E-state index contributed by atoms with van der Waals surface area (Å²) >= 11 is 0. The first kappa shape index (κ1) is 19.8. The van der Waals surface area contributed by atoms with E-state index < -0.39 is 0 Å². The van der Waals surface area contributed by atoms with E-state index in [2.05, 4.69) is 64.1 Å². The van der Waals surface area contributed by atoms with Crippen LogP contribution in [0.4, 0.5) is 0 Å². The number of rotatable bonds is 1. The Bertz CT molecular complexity index is 472. The zero-order valence-corrected chi connectivity index (χ0v) is 10.5. The van der Waals surface area contributed by atoms with Crippen molar-refractivity contribution < 1.29 is 0 Å². The molecule has 0 spiro atoms. The second kappa shape index (κ2) is 7.78. The zero-order valence-electron chi connectivity index (χ0n) is 10.5. The summed E-state index contributed by atoms with van der Waals surface area (Å²) in [4.78, 5) is 0. The Hall–Kier alpha value is -1.56. The molecule has 0 nitrogen and oxygen atoms in total. The maximum absolute atomic E-state index is 2.26. The Balaban J connectivity index is 0. The standard InChI is InChI=1S/C16H18.3CH4/c1-11-5-7-15(9-13(11)3)16-8-6-12(2)14(4)10-16;;;/h5-10H,1-4H3;3*1H4. The summed E-state index contributed by atoms with van der Waals surface area (Å²) in [5, 5.41) is 0. The quantitative estimate of drug-likeness (QED) is 0.548. The third-order valence-corrected chi connectivity index (χ3v) is 3.35. The van der Waals surface area contributed by atoms with E-state index in [-0.39, 0.29) is 22.3 Å². The SMILES string of the molecule is C.C.C.Cc1ccc(-c2ccc(C)c(C)c2)cc1C. The van der Waals surface area contributed by atoms with Gasteiger partial charge < -0.3 is 0 Å². The summed E-state index contributed by atoms with van der Waals surface area (Å²) in [5.74, 6) is 0. The van der Waals surface area contributed by atoms with Crippen LogP contribution in [0.25, 0.3) is 11.1 Å². The number of benzene rings is 2.